The first kappa shape index (κ1) is 40.2. The molecule has 17 nitrogen and oxygen atoms in total. The number of carbonyl (C=O) groups is 8. The summed E-state index contributed by atoms with van der Waals surface area (Å²) >= 11 is 0. The summed E-state index contributed by atoms with van der Waals surface area (Å²) in [5.74, 6) is -6.71. The van der Waals surface area contributed by atoms with Crippen LogP contribution in [-0.4, -0.2) is 93.6 Å². The van der Waals surface area contributed by atoms with Crippen LogP contribution in [0, 0.1) is 0 Å². The number of primary amides is 1. The molecule has 0 aliphatic rings. The van der Waals surface area contributed by atoms with Crippen molar-refractivity contribution in [3.63, 3.8) is 0 Å². The zero-order valence-corrected chi connectivity index (χ0v) is 27.1. The highest BCUT2D eigenvalue weighted by Crippen LogP contribution is 2.08. The first-order chi connectivity index (χ1) is 23.7. The molecular formula is C33H42N6O11. The number of carboxylic acids is 3. The minimum atomic E-state index is -1.57. The number of hydrogen-bond donors (Lipinski definition) is 9. The van der Waals surface area contributed by atoms with E-state index in [-0.39, 0.29) is 45.1 Å². The van der Waals surface area contributed by atoms with E-state index in [1.165, 1.54) is 0 Å². The molecule has 0 heterocycles. The maximum absolute atomic E-state index is 13.3. The van der Waals surface area contributed by atoms with Crippen molar-refractivity contribution in [3.05, 3.63) is 71.8 Å². The predicted octanol–water partition coefficient (Wildman–Crippen LogP) is -0.326. The summed E-state index contributed by atoms with van der Waals surface area (Å²) in [4.78, 5) is 96.2. The minimum Gasteiger partial charge on any atom is -0.481 e. The Bertz CT molecular complexity index is 1490. The monoisotopic (exact) mass is 698 g/mol. The fourth-order valence-corrected chi connectivity index (χ4v) is 4.65. The molecule has 2 aromatic carbocycles. The van der Waals surface area contributed by atoms with Gasteiger partial charge in [0.25, 0.3) is 0 Å². The van der Waals surface area contributed by atoms with Gasteiger partial charge in [0.2, 0.25) is 23.6 Å². The van der Waals surface area contributed by atoms with Crippen LogP contribution in [0.5, 0.6) is 0 Å². The molecule has 0 saturated heterocycles. The number of urea groups is 1. The highest BCUT2D eigenvalue weighted by atomic mass is 16.4. The van der Waals surface area contributed by atoms with Gasteiger partial charge in [-0.2, -0.15) is 0 Å². The third-order valence-corrected chi connectivity index (χ3v) is 7.29. The first-order valence-corrected chi connectivity index (χ1v) is 15.7. The maximum Gasteiger partial charge on any atom is 0.326 e. The summed E-state index contributed by atoms with van der Waals surface area (Å²) in [7, 11) is 0. The molecule has 0 aromatic heterocycles. The Morgan fingerprint density at radius 1 is 0.580 bits per heavy atom. The third kappa shape index (κ3) is 15.7. The molecule has 2 aromatic rings. The lowest BCUT2D eigenvalue weighted by molar-refractivity contribution is -0.141. The molecule has 17 heteroatoms. The Morgan fingerprint density at radius 2 is 1.08 bits per heavy atom. The van der Waals surface area contributed by atoms with Crippen LogP contribution >= 0.6 is 0 Å². The van der Waals surface area contributed by atoms with Gasteiger partial charge in [-0.05, 0) is 30.4 Å². The van der Waals surface area contributed by atoms with Gasteiger partial charge in [-0.15, -0.1) is 0 Å². The van der Waals surface area contributed by atoms with Gasteiger partial charge >= 0.3 is 23.9 Å². The molecule has 10 N–H and O–H groups in total. The van der Waals surface area contributed by atoms with Crippen LogP contribution in [-0.2, 0) is 46.4 Å². The molecule has 0 unspecified atom stereocenters. The van der Waals surface area contributed by atoms with E-state index in [1.807, 2.05) is 16.7 Å². The fourth-order valence-electron chi connectivity index (χ4n) is 4.65. The lowest BCUT2D eigenvalue weighted by Crippen LogP contribution is -2.54. The average molecular weight is 699 g/mol. The van der Waals surface area contributed by atoms with E-state index in [2.05, 4.69) is 16.0 Å². The lowest BCUT2D eigenvalue weighted by atomic mass is 10.0. The van der Waals surface area contributed by atoms with Crippen molar-refractivity contribution in [3.8, 4) is 0 Å². The Hall–Kier alpha value is -6.00. The van der Waals surface area contributed by atoms with E-state index >= 15 is 0 Å². The van der Waals surface area contributed by atoms with Crippen molar-refractivity contribution in [1.29, 1.82) is 0 Å². The molecule has 0 bridgehead atoms. The van der Waals surface area contributed by atoms with Gasteiger partial charge in [0, 0.05) is 38.6 Å². The minimum absolute atomic E-state index is 0.0259. The molecule has 0 aliphatic carbocycles. The molecule has 270 valence electrons. The molecule has 50 heavy (non-hydrogen) atoms. The highest BCUT2D eigenvalue weighted by Gasteiger charge is 2.27. The fraction of sp³-hybridized carbons (Fsp3) is 0.394. The molecular weight excluding hydrogens is 656 g/mol. The first-order valence-electron chi connectivity index (χ1n) is 15.7. The van der Waals surface area contributed by atoms with Crippen LogP contribution in [0.2, 0.25) is 0 Å². The lowest BCUT2D eigenvalue weighted by Gasteiger charge is -2.22. The van der Waals surface area contributed by atoms with Gasteiger partial charge in [0.15, 0.2) is 0 Å². The Kier molecular flexibility index (Phi) is 16.9. The number of aliphatic carboxylic acids is 3. The molecule has 2 rings (SSSR count). The van der Waals surface area contributed by atoms with Crippen molar-refractivity contribution >= 4 is 47.6 Å². The standard InChI is InChI=1S/C33H42N6O11/c34-29(44)24(18-20-8-3-1-4-9-20)37-30(45)25(19-21-10-5-2-6-11-21)36-27(41)12-7-17-35-26(40)15-13-22(31(46)47)38-33(50)39-23(32(48)49)14-16-28(42)43/h1-6,8-11,22-25H,7,12-19H2,(H2,34,44)(H,35,40)(H,36,41)(H,37,45)(H,42,43)(H,46,47)(H,48,49)(H2,38,39,50)/t22-,23-,24-,25-/m0/s1. The van der Waals surface area contributed by atoms with Crippen molar-refractivity contribution < 1.29 is 53.7 Å². The van der Waals surface area contributed by atoms with Gasteiger partial charge < -0.3 is 47.6 Å². The zero-order chi connectivity index (χ0) is 37.1. The molecule has 6 amide bonds. The SMILES string of the molecule is NC(=O)[C@H](Cc1ccccc1)NC(=O)[C@H](Cc1ccccc1)NC(=O)CCCNC(=O)CC[C@H](NC(=O)N[C@@H](CCC(=O)O)C(=O)O)C(=O)O. The number of amides is 6. The van der Waals surface area contributed by atoms with E-state index in [0.29, 0.717) is 0 Å². The summed E-state index contributed by atoms with van der Waals surface area (Å²) in [6, 6.07) is 11.5. The van der Waals surface area contributed by atoms with Crippen molar-refractivity contribution in [2.75, 3.05) is 6.54 Å². The van der Waals surface area contributed by atoms with Crippen LogP contribution in [0.3, 0.4) is 0 Å². The second kappa shape index (κ2) is 21.1. The van der Waals surface area contributed by atoms with Crippen LogP contribution in [0.4, 0.5) is 4.79 Å². The topological polar surface area (TPSA) is 283 Å². The van der Waals surface area contributed by atoms with Crippen molar-refractivity contribution in [2.45, 2.75) is 75.5 Å². The quantitative estimate of drug-likeness (QED) is 0.0718. The van der Waals surface area contributed by atoms with E-state index in [9.17, 15) is 43.5 Å². The number of benzene rings is 2. The Labute approximate surface area is 287 Å². The largest absolute Gasteiger partial charge is 0.481 e. The molecule has 0 saturated carbocycles. The van der Waals surface area contributed by atoms with Crippen LogP contribution in [0.15, 0.2) is 60.7 Å². The maximum atomic E-state index is 13.3. The smallest absolute Gasteiger partial charge is 0.326 e. The number of nitrogens with two attached hydrogens (primary N) is 1. The highest BCUT2D eigenvalue weighted by molar-refractivity contribution is 5.92. The van der Waals surface area contributed by atoms with Gasteiger partial charge in [-0.3, -0.25) is 24.0 Å². The van der Waals surface area contributed by atoms with E-state index in [0.717, 1.165) is 11.1 Å². The summed E-state index contributed by atoms with van der Waals surface area (Å²) in [5.41, 5.74) is 7.08. The zero-order valence-electron chi connectivity index (χ0n) is 27.1. The number of carbonyl (C=O) groups excluding carboxylic acids is 5. The van der Waals surface area contributed by atoms with Gasteiger partial charge in [-0.25, -0.2) is 14.4 Å². The van der Waals surface area contributed by atoms with Gasteiger partial charge in [0.1, 0.15) is 24.2 Å². The summed E-state index contributed by atoms with van der Waals surface area (Å²) in [6.45, 7) is 0.0259. The van der Waals surface area contributed by atoms with Crippen LogP contribution < -0.4 is 32.3 Å². The normalized spacial score (nSPS) is 13.0. The third-order valence-electron chi connectivity index (χ3n) is 7.29. The second-order valence-corrected chi connectivity index (χ2v) is 11.3. The van der Waals surface area contributed by atoms with E-state index in [1.54, 1.807) is 54.6 Å². The second-order valence-electron chi connectivity index (χ2n) is 11.3. The number of carboxylic acid groups (broad SMARTS) is 3. The molecule has 0 fully saturated rings. The van der Waals surface area contributed by atoms with Crippen LogP contribution in [0.1, 0.15) is 49.7 Å². The molecule has 0 radical (unpaired) electrons. The van der Waals surface area contributed by atoms with Crippen LogP contribution in [0.25, 0.3) is 0 Å². The van der Waals surface area contributed by atoms with Gasteiger partial charge in [0.05, 0.1) is 0 Å². The molecule has 4 atom stereocenters. The summed E-state index contributed by atoms with van der Waals surface area (Å²) in [6.07, 6.45) is -1.31. The van der Waals surface area contributed by atoms with E-state index < -0.39 is 84.6 Å². The summed E-state index contributed by atoms with van der Waals surface area (Å²) in [5, 5.41) is 39.2. The van der Waals surface area contributed by atoms with Gasteiger partial charge in [-0.1, -0.05) is 60.7 Å². The predicted molar refractivity (Wildman–Crippen MR) is 176 cm³/mol. The number of rotatable bonds is 22. The Morgan fingerprint density at radius 3 is 1.56 bits per heavy atom. The number of nitrogens with one attached hydrogen (secondary N) is 5. The number of hydrogen-bond acceptors (Lipinski definition) is 8. The summed E-state index contributed by atoms with van der Waals surface area (Å²) < 4.78 is 0. The van der Waals surface area contributed by atoms with Crippen molar-refractivity contribution in [1.82, 2.24) is 26.6 Å². The molecule has 0 aliphatic heterocycles. The van der Waals surface area contributed by atoms with Crippen molar-refractivity contribution in [2.24, 2.45) is 5.73 Å². The Balaban J connectivity index is 1.86. The molecule has 0 spiro atoms. The average Bonchev–Trinajstić information content (AvgIpc) is 3.06. The van der Waals surface area contributed by atoms with E-state index in [4.69, 9.17) is 15.9 Å².